The first kappa shape index (κ1) is 21.8. The quantitative estimate of drug-likeness (QED) is 0.418. The molecule has 0 amide bonds. The molecule has 0 aliphatic heterocycles. The fraction of sp³-hybridized carbons (Fsp3) is 0.200. The van der Waals surface area contributed by atoms with Gasteiger partial charge in [-0.3, -0.25) is 4.79 Å². The van der Waals surface area contributed by atoms with Crippen molar-refractivity contribution in [1.29, 1.82) is 0 Å². The molecule has 0 aromatic heterocycles. The Hall–Kier alpha value is -2.24. The summed E-state index contributed by atoms with van der Waals surface area (Å²) >= 11 is 9.33. The standard InChI is InChI=1S/C19H17ClO4.CH4S/c1-12-9-14(10-13(2)19(12)24-11-18(22)23)3-8-17(21)15-4-6-16(20)7-5-15;1-2/h3-10H,11H2,1-2H3,(H,22,23);2H,1H3/b8-3+;. The zero-order valence-electron chi connectivity index (χ0n) is 14.8. The Kier molecular flexibility index (Phi) is 8.96. The summed E-state index contributed by atoms with van der Waals surface area (Å²) < 4.78 is 5.29. The summed E-state index contributed by atoms with van der Waals surface area (Å²) in [5.41, 5.74) is 3.03. The van der Waals surface area contributed by atoms with Gasteiger partial charge in [-0.15, -0.1) is 0 Å². The first-order chi connectivity index (χ1) is 12.4. The molecule has 0 bridgehead atoms. The van der Waals surface area contributed by atoms with Gasteiger partial charge < -0.3 is 9.84 Å². The van der Waals surface area contributed by atoms with E-state index in [0.29, 0.717) is 16.3 Å². The molecule has 138 valence electrons. The summed E-state index contributed by atoms with van der Waals surface area (Å²) in [6, 6.07) is 10.4. The SMILES string of the molecule is CS.Cc1cc(/C=C/C(=O)c2ccc(Cl)cc2)cc(C)c1OCC(=O)O. The second kappa shape index (κ2) is 10.7. The highest BCUT2D eigenvalue weighted by Crippen LogP contribution is 2.25. The molecule has 4 nitrogen and oxygen atoms in total. The fourth-order valence-corrected chi connectivity index (χ4v) is 2.45. The molecule has 0 aliphatic carbocycles. The van der Waals surface area contributed by atoms with Crippen molar-refractivity contribution in [2.24, 2.45) is 0 Å². The van der Waals surface area contributed by atoms with Crippen LogP contribution in [0, 0.1) is 13.8 Å². The molecule has 0 radical (unpaired) electrons. The molecule has 0 spiro atoms. The smallest absolute Gasteiger partial charge is 0.341 e. The molecule has 0 atom stereocenters. The Labute approximate surface area is 163 Å². The lowest BCUT2D eigenvalue weighted by Gasteiger charge is -2.11. The monoisotopic (exact) mass is 392 g/mol. The number of carbonyl (C=O) groups excluding carboxylic acids is 1. The van der Waals surface area contributed by atoms with Crippen LogP contribution in [0.15, 0.2) is 42.5 Å². The van der Waals surface area contributed by atoms with Crippen LogP contribution in [0.1, 0.15) is 27.0 Å². The Morgan fingerprint density at radius 3 is 2.15 bits per heavy atom. The summed E-state index contributed by atoms with van der Waals surface area (Å²) in [6.45, 7) is 3.29. The number of allylic oxidation sites excluding steroid dienone is 1. The van der Waals surface area contributed by atoms with Crippen LogP contribution >= 0.6 is 24.2 Å². The summed E-state index contributed by atoms with van der Waals surface area (Å²) in [7, 11) is 0. The minimum Gasteiger partial charge on any atom is -0.481 e. The topological polar surface area (TPSA) is 63.6 Å². The van der Waals surface area contributed by atoms with Crippen molar-refractivity contribution in [3.63, 3.8) is 0 Å². The number of carboxylic acids is 1. The van der Waals surface area contributed by atoms with Crippen molar-refractivity contribution in [2.45, 2.75) is 13.8 Å². The van der Waals surface area contributed by atoms with Crippen LogP contribution < -0.4 is 4.74 Å². The second-order valence-corrected chi connectivity index (χ2v) is 5.81. The van der Waals surface area contributed by atoms with Gasteiger partial charge in [0, 0.05) is 10.6 Å². The third-order valence-corrected chi connectivity index (χ3v) is 3.63. The van der Waals surface area contributed by atoms with Crippen LogP contribution in [0.25, 0.3) is 6.08 Å². The molecule has 2 aromatic carbocycles. The van der Waals surface area contributed by atoms with E-state index in [1.165, 1.54) is 6.08 Å². The lowest BCUT2D eigenvalue weighted by Crippen LogP contribution is -2.11. The van der Waals surface area contributed by atoms with Gasteiger partial charge in [-0.2, -0.15) is 12.6 Å². The first-order valence-electron chi connectivity index (χ1n) is 7.75. The Balaban J connectivity index is 0.00000163. The number of aliphatic carboxylic acids is 1. The lowest BCUT2D eigenvalue weighted by molar-refractivity contribution is -0.139. The molecular weight excluding hydrogens is 372 g/mol. The highest BCUT2D eigenvalue weighted by atomic mass is 35.5. The lowest BCUT2D eigenvalue weighted by atomic mass is 10.0. The van der Waals surface area contributed by atoms with Crippen LogP contribution in [-0.4, -0.2) is 29.7 Å². The maximum Gasteiger partial charge on any atom is 0.341 e. The minimum absolute atomic E-state index is 0.117. The maximum atomic E-state index is 12.1. The molecule has 0 aliphatic rings. The number of thiol groups is 1. The molecule has 26 heavy (non-hydrogen) atoms. The second-order valence-electron chi connectivity index (χ2n) is 5.37. The zero-order chi connectivity index (χ0) is 19.7. The average Bonchev–Trinajstić information content (AvgIpc) is 2.61. The number of hydrogen-bond donors (Lipinski definition) is 2. The molecule has 0 fully saturated rings. The van der Waals surface area contributed by atoms with E-state index in [9.17, 15) is 9.59 Å². The van der Waals surface area contributed by atoms with Gasteiger partial charge in [0.05, 0.1) is 0 Å². The van der Waals surface area contributed by atoms with Gasteiger partial charge in [-0.1, -0.05) is 17.7 Å². The van der Waals surface area contributed by atoms with Crippen molar-refractivity contribution >= 4 is 42.1 Å². The van der Waals surface area contributed by atoms with Crippen LogP contribution in [0.3, 0.4) is 0 Å². The number of aryl methyl sites for hydroxylation is 2. The molecule has 0 heterocycles. The van der Waals surface area contributed by atoms with E-state index < -0.39 is 5.97 Å². The van der Waals surface area contributed by atoms with E-state index in [1.54, 1.807) is 36.6 Å². The van der Waals surface area contributed by atoms with Crippen molar-refractivity contribution in [3.8, 4) is 5.75 Å². The van der Waals surface area contributed by atoms with Gasteiger partial charge in [-0.05, 0) is 79.3 Å². The molecule has 0 saturated heterocycles. The van der Waals surface area contributed by atoms with Crippen LogP contribution in [0.4, 0.5) is 0 Å². The van der Waals surface area contributed by atoms with Gasteiger partial charge in [0.25, 0.3) is 0 Å². The van der Waals surface area contributed by atoms with E-state index in [-0.39, 0.29) is 12.4 Å². The van der Waals surface area contributed by atoms with Gasteiger partial charge in [0.2, 0.25) is 0 Å². The molecule has 0 saturated carbocycles. The fourth-order valence-electron chi connectivity index (χ4n) is 2.32. The average molecular weight is 393 g/mol. The van der Waals surface area contributed by atoms with Gasteiger partial charge in [-0.25, -0.2) is 4.79 Å². The van der Waals surface area contributed by atoms with Gasteiger partial charge in [0.1, 0.15) is 5.75 Å². The number of carbonyl (C=O) groups is 2. The highest BCUT2D eigenvalue weighted by molar-refractivity contribution is 7.79. The number of hydrogen-bond acceptors (Lipinski definition) is 4. The largest absolute Gasteiger partial charge is 0.481 e. The van der Waals surface area contributed by atoms with Crippen LogP contribution in [0.2, 0.25) is 5.02 Å². The molecule has 1 N–H and O–H groups in total. The summed E-state index contributed by atoms with van der Waals surface area (Å²) in [4.78, 5) is 22.7. The normalized spacial score (nSPS) is 10.2. The summed E-state index contributed by atoms with van der Waals surface area (Å²) in [6.07, 6.45) is 4.91. The third kappa shape index (κ3) is 6.58. The third-order valence-electron chi connectivity index (χ3n) is 3.38. The summed E-state index contributed by atoms with van der Waals surface area (Å²) in [5, 5.41) is 9.28. The molecule has 6 heteroatoms. The van der Waals surface area contributed by atoms with Crippen molar-refractivity contribution < 1.29 is 19.4 Å². The van der Waals surface area contributed by atoms with E-state index in [0.717, 1.165) is 16.7 Å². The minimum atomic E-state index is -1.02. The van der Waals surface area contributed by atoms with E-state index >= 15 is 0 Å². The van der Waals surface area contributed by atoms with E-state index in [2.05, 4.69) is 12.6 Å². The number of ether oxygens (including phenoxy) is 1. The Morgan fingerprint density at radius 1 is 1.12 bits per heavy atom. The molecule has 0 unspecified atom stereocenters. The molecular formula is C20H21ClO4S. The van der Waals surface area contributed by atoms with Crippen LogP contribution in [0.5, 0.6) is 5.75 Å². The number of rotatable bonds is 6. The predicted molar refractivity (Wildman–Crippen MR) is 109 cm³/mol. The van der Waals surface area contributed by atoms with E-state index in [4.69, 9.17) is 21.4 Å². The zero-order valence-corrected chi connectivity index (χ0v) is 16.5. The van der Waals surface area contributed by atoms with Crippen molar-refractivity contribution in [2.75, 3.05) is 12.9 Å². The Bertz CT molecular complexity index is 775. The maximum absolute atomic E-state index is 12.1. The first-order valence-corrected chi connectivity index (χ1v) is 9.02. The van der Waals surface area contributed by atoms with Crippen molar-refractivity contribution in [3.05, 3.63) is 69.8 Å². The Morgan fingerprint density at radius 2 is 1.65 bits per heavy atom. The number of benzene rings is 2. The van der Waals surface area contributed by atoms with Crippen molar-refractivity contribution in [1.82, 2.24) is 0 Å². The van der Waals surface area contributed by atoms with Gasteiger partial charge >= 0.3 is 5.97 Å². The number of carboxylic acid groups (broad SMARTS) is 1. The number of ketones is 1. The highest BCUT2D eigenvalue weighted by Gasteiger charge is 2.08. The molecule has 2 aromatic rings. The van der Waals surface area contributed by atoms with E-state index in [1.807, 2.05) is 26.0 Å². The van der Waals surface area contributed by atoms with Crippen LogP contribution in [-0.2, 0) is 4.79 Å². The summed E-state index contributed by atoms with van der Waals surface area (Å²) in [5.74, 6) is -0.585. The van der Waals surface area contributed by atoms with Gasteiger partial charge in [0.15, 0.2) is 12.4 Å². The molecule has 2 rings (SSSR count). The predicted octanol–water partition coefficient (Wildman–Crippen LogP) is 4.86. The number of halogens is 1.